The summed E-state index contributed by atoms with van der Waals surface area (Å²) in [5.74, 6) is -1.25. The topological polar surface area (TPSA) is 82.1 Å². The zero-order valence-electron chi connectivity index (χ0n) is 28.4. The molecule has 0 saturated carbocycles. The number of halogens is 2. The van der Waals surface area contributed by atoms with Crippen LogP contribution in [-0.4, -0.2) is 28.2 Å². The van der Waals surface area contributed by atoms with E-state index in [2.05, 4.69) is 0 Å². The van der Waals surface area contributed by atoms with Gasteiger partial charge in [0.25, 0.3) is 0 Å². The Morgan fingerprint density at radius 3 is 1.55 bits per heavy atom. The van der Waals surface area contributed by atoms with Gasteiger partial charge in [-0.05, 0) is 130 Å². The molecule has 0 bridgehead atoms. The van der Waals surface area contributed by atoms with Gasteiger partial charge in [0, 0.05) is 0 Å². The second kappa shape index (κ2) is 15.6. The van der Waals surface area contributed by atoms with E-state index in [0.29, 0.717) is 40.2 Å². The Hall–Kier alpha value is -5.50. The molecule has 0 heterocycles. The second-order valence-corrected chi connectivity index (χ2v) is 13.3. The summed E-state index contributed by atoms with van der Waals surface area (Å²) in [6.07, 6.45) is 0. The first-order chi connectivity index (χ1) is 23.0. The summed E-state index contributed by atoms with van der Waals surface area (Å²) in [4.78, 5) is 24.6. The van der Waals surface area contributed by atoms with Crippen molar-refractivity contribution in [3.63, 3.8) is 0 Å². The van der Waals surface area contributed by atoms with E-state index >= 15 is 0 Å². The van der Waals surface area contributed by atoms with E-state index in [4.69, 9.17) is 14.2 Å². The molecule has 0 radical (unpaired) electrons. The largest absolute Gasteiger partial charge is 0.508 e. The number of carbonyl (C=O) groups excluding carboxylic acids is 2. The van der Waals surface area contributed by atoms with Crippen molar-refractivity contribution in [1.82, 2.24) is 0 Å². The zero-order valence-corrected chi connectivity index (χ0v) is 28.4. The molecule has 0 saturated heterocycles. The highest BCUT2D eigenvalue weighted by molar-refractivity contribution is 5.92. The van der Waals surface area contributed by atoms with E-state index in [1.165, 1.54) is 36.4 Å². The van der Waals surface area contributed by atoms with Crippen LogP contribution in [0.2, 0.25) is 0 Å². The second-order valence-electron chi connectivity index (χ2n) is 13.3. The number of benzene rings is 5. The summed E-state index contributed by atoms with van der Waals surface area (Å²) < 4.78 is 43.6. The summed E-state index contributed by atoms with van der Waals surface area (Å²) in [6.45, 7) is 11.1. The molecule has 0 aliphatic carbocycles. The summed E-state index contributed by atoms with van der Waals surface area (Å²) in [5.41, 5.74) is 2.84. The number of esters is 2. The van der Waals surface area contributed by atoms with Crippen LogP contribution in [0.25, 0.3) is 22.3 Å². The molecule has 0 unspecified atom stereocenters. The van der Waals surface area contributed by atoms with Crippen molar-refractivity contribution in [1.29, 1.82) is 0 Å². The number of aromatic hydroxyl groups is 1. The molecule has 5 aromatic rings. The standard InChI is InChI=1S/C24H23FO3.C17H17FO3/c1-24(2,3)28-23(26)20-12-19(18-10-7-11-21(25)13-18)14-22(15-20)27-16-17-8-5-4-6-9-17;1-17(2,3)21-16(20)13-7-12(9-15(19)10-13)11-5-4-6-14(18)8-11/h4-15H,16H2,1-3H3;4-10,19H,1-3H3. The fourth-order valence-electron chi connectivity index (χ4n) is 4.61. The fourth-order valence-corrected chi connectivity index (χ4v) is 4.61. The molecule has 0 amide bonds. The van der Waals surface area contributed by atoms with Crippen molar-refractivity contribution >= 4 is 11.9 Å². The first-order valence-corrected chi connectivity index (χ1v) is 15.7. The van der Waals surface area contributed by atoms with Gasteiger partial charge in [0.2, 0.25) is 0 Å². The molecule has 0 aromatic heterocycles. The normalized spacial score (nSPS) is 11.2. The fraction of sp³-hybridized carbons (Fsp3) is 0.220. The van der Waals surface area contributed by atoms with Crippen LogP contribution in [0.1, 0.15) is 67.8 Å². The molecule has 0 fully saturated rings. The van der Waals surface area contributed by atoms with E-state index in [-0.39, 0.29) is 22.9 Å². The number of hydrogen-bond acceptors (Lipinski definition) is 6. The maximum atomic E-state index is 13.7. The van der Waals surface area contributed by atoms with Crippen molar-refractivity contribution in [2.24, 2.45) is 0 Å². The molecule has 0 atom stereocenters. The van der Waals surface area contributed by atoms with Gasteiger partial charge >= 0.3 is 11.9 Å². The van der Waals surface area contributed by atoms with Gasteiger partial charge in [0.15, 0.2) is 0 Å². The van der Waals surface area contributed by atoms with Crippen LogP contribution in [0.4, 0.5) is 8.78 Å². The molecule has 1 N–H and O–H groups in total. The molecule has 5 rings (SSSR count). The van der Waals surface area contributed by atoms with Gasteiger partial charge in [-0.15, -0.1) is 0 Å². The van der Waals surface area contributed by atoms with Gasteiger partial charge < -0.3 is 19.3 Å². The Morgan fingerprint density at radius 1 is 0.571 bits per heavy atom. The lowest BCUT2D eigenvalue weighted by atomic mass is 10.0. The Balaban J connectivity index is 0.000000230. The lowest BCUT2D eigenvalue weighted by Crippen LogP contribution is -2.23. The molecule has 0 aliphatic heterocycles. The van der Waals surface area contributed by atoms with Crippen LogP contribution < -0.4 is 4.74 Å². The average molecular weight is 667 g/mol. The van der Waals surface area contributed by atoms with Gasteiger partial charge in [-0.2, -0.15) is 0 Å². The Kier molecular flexibility index (Phi) is 11.6. The third kappa shape index (κ3) is 11.6. The molecular weight excluding hydrogens is 626 g/mol. The predicted molar refractivity (Wildman–Crippen MR) is 186 cm³/mol. The number of phenols is 1. The summed E-state index contributed by atoms with van der Waals surface area (Å²) in [5, 5.41) is 9.77. The van der Waals surface area contributed by atoms with E-state index in [1.54, 1.807) is 69.3 Å². The van der Waals surface area contributed by atoms with Crippen molar-refractivity contribution in [2.45, 2.75) is 59.4 Å². The Morgan fingerprint density at radius 2 is 1.06 bits per heavy atom. The Labute approximate surface area is 285 Å². The minimum atomic E-state index is -0.623. The monoisotopic (exact) mass is 666 g/mol. The van der Waals surface area contributed by atoms with Gasteiger partial charge in [-0.25, -0.2) is 18.4 Å². The lowest BCUT2D eigenvalue weighted by molar-refractivity contribution is 0.00568. The average Bonchev–Trinajstić information content (AvgIpc) is 3.02. The van der Waals surface area contributed by atoms with E-state index in [9.17, 15) is 23.5 Å². The third-order valence-electron chi connectivity index (χ3n) is 6.66. The van der Waals surface area contributed by atoms with Crippen molar-refractivity contribution < 1.29 is 37.7 Å². The quantitative estimate of drug-likeness (QED) is 0.174. The van der Waals surface area contributed by atoms with Crippen LogP contribution >= 0.6 is 0 Å². The molecule has 254 valence electrons. The van der Waals surface area contributed by atoms with Gasteiger partial charge in [-0.1, -0.05) is 54.6 Å². The molecule has 49 heavy (non-hydrogen) atoms. The maximum absolute atomic E-state index is 13.7. The molecule has 0 spiro atoms. The van der Waals surface area contributed by atoms with E-state index in [1.807, 2.05) is 51.1 Å². The van der Waals surface area contributed by atoms with Crippen molar-refractivity contribution in [2.75, 3.05) is 0 Å². The highest BCUT2D eigenvalue weighted by Crippen LogP contribution is 2.29. The lowest BCUT2D eigenvalue weighted by Gasteiger charge is -2.20. The summed E-state index contributed by atoms with van der Waals surface area (Å²) in [7, 11) is 0. The Bertz CT molecular complexity index is 1910. The molecule has 8 heteroatoms. The highest BCUT2D eigenvalue weighted by atomic mass is 19.1. The number of carbonyl (C=O) groups is 2. The number of ether oxygens (including phenoxy) is 3. The van der Waals surface area contributed by atoms with E-state index in [0.717, 1.165) is 5.56 Å². The molecule has 0 aliphatic rings. The molecule has 6 nitrogen and oxygen atoms in total. The smallest absolute Gasteiger partial charge is 0.338 e. The minimum Gasteiger partial charge on any atom is -0.508 e. The van der Waals surface area contributed by atoms with E-state index < -0.39 is 23.1 Å². The maximum Gasteiger partial charge on any atom is 0.338 e. The first kappa shape index (κ1) is 36.3. The molecule has 5 aromatic carbocycles. The van der Waals surface area contributed by atoms with Crippen LogP contribution in [-0.2, 0) is 16.1 Å². The van der Waals surface area contributed by atoms with Gasteiger partial charge in [-0.3, -0.25) is 0 Å². The van der Waals surface area contributed by atoms with Crippen LogP contribution in [0, 0.1) is 11.6 Å². The molecular formula is C41H40F2O6. The number of phenolic OH excluding ortho intramolecular Hbond substituents is 1. The van der Waals surface area contributed by atoms with Gasteiger partial charge in [0.1, 0.15) is 40.9 Å². The summed E-state index contributed by atoms with van der Waals surface area (Å²) in [6, 6.07) is 31.4. The number of hydrogen-bond donors (Lipinski definition) is 1. The minimum absolute atomic E-state index is 0.0716. The summed E-state index contributed by atoms with van der Waals surface area (Å²) >= 11 is 0. The van der Waals surface area contributed by atoms with Crippen molar-refractivity contribution in [3.05, 3.63) is 144 Å². The van der Waals surface area contributed by atoms with Gasteiger partial charge in [0.05, 0.1) is 11.1 Å². The SMILES string of the molecule is CC(C)(C)OC(=O)c1cc(O)cc(-c2cccc(F)c2)c1.CC(C)(C)OC(=O)c1cc(OCc2ccccc2)cc(-c2cccc(F)c2)c1. The highest BCUT2D eigenvalue weighted by Gasteiger charge is 2.21. The first-order valence-electron chi connectivity index (χ1n) is 15.7. The predicted octanol–water partition coefficient (Wildman–Crippen LogP) is 10.2. The third-order valence-corrected chi connectivity index (χ3v) is 6.66. The number of rotatable bonds is 7. The van der Waals surface area contributed by atoms with Crippen LogP contribution in [0.3, 0.4) is 0 Å². The zero-order chi connectivity index (χ0) is 35.8. The van der Waals surface area contributed by atoms with Crippen LogP contribution in [0.5, 0.6) is 11.5 Å². The van der Waals surface area contributed by atoms with Crippen LogP contribution in [0.15, 0.2) is 115 Å². The van der Waals surface area contributed by atoms with Crippen molar-refractivity contribution in [3.8, 4) is 33.8 Å².